The number of ether oxygens (including phenoxy) is 3. The van der Waals surface area contributed by atoms with Gasteiger partial charge in [-0.2, -0.15) is 5.10 Å². The zero-order valence-electron chi connectivity index (χ0n) is 31.4. The van der Waals surface area contributed by atoms with Gasteiger partial charge in [0.05, 0.1) is 30.0 Å². The van der Waals surface area contributed by atoms with E-state index in [1.807, 2.05) is 54.6 Å². The van der Waals surface area contributed by atoms with Gasteiger partial charge in [0.2, 0.25) is 5.56 Å². The molecule has 5 heterocycles. The van der Waals surface area contributed by atoms with Crippen LogP contribution >= 0.6 is 0 Å². The van der Waals surface area contributed by atoms with Crippen molar-refractivity contribution in [2.24, 2.45) is 13.0 Å². The molecular weight excluding hydrogens is 716 g/mol. The molecule has 3 aromatic carbocycles. The second-order valence-corrected chi connectivity index (χ2v) is 14.4. The van der Waals surface area contributed by atoms with Crippen molar-refractivity contribution < 1.29 is 34.0 Å². The maximum Gasteiger partial charge on any atom is 0.408 e. The number of aromatic hydroxyl groups is 1. The summed E-state index contributed by atoms with van der Waals surface area (Å²) >= 11 is 0. The van der Waals surface area contributed by atoms with Crippen LogP contribution < -0.4 is 20.9 Å². The van der Waals surface area contributed by atoms with Gasteiger partial charge in [-0.25, -0.2) is 9.59 Å². The lowest BCUT2D eigenvalue weighted by Gasteiger charge is -2.43. The number of benzene rings is 3. The maximum atomic E-state index is 13.2. The van der Waals surface area contributed by atoms with Crippen LogP contribution in [0.1, 0.15) is 70.7 Å². The Labute approximate surface area is 324 Å². The molecule has 3 fully saturated rings. The number of aliphatic hydroxyl groups excluding tert-OH is 1. The van der Waals surface area contributed by atoms with E-state index in [-0.39, 0.29) is 48.4 Å². The van der Waals surface area contributed by atoms with Gasteiger partial charge in [0.1, 0.15) is 24.2 Å². The molecule has 5 aromatic rings. The first-order chi connectivity index (χ1) is 27.2. The SMILES string of the molecule is Cn1nc(C(=O)OCCCCNC[C@H](O)c2ccc(O)c3[nH]c(=O)ccc23)cc1COc1cccc(C(NC(=O)OC2CN3CCC2CC3)c2ccccc2)c1. The lowest BCUT2D eigenvalue weighted by molar-refractivity contribution is -0.0336. The zero-order valence-corrected chi connectivity index (χ0v) is 31.4. The Kier molecular flexibility index (Phi) is 12.3. The van der Waals surface area contributed by atoms with Crippen molar-refractivity contribution in [1.82, 2.24) is 30.3 Å². The summed E-state index contributed by atoms with van der Waals surface area (Å²) in [6, 6.07) is 24.5. The summed E-state index contributed by atoms with van der Waals surface area (Å²) < 4.78 is 19.2. The van der Waals surface area contributed by atoms with E-state index in [1.165, 1.54) is 12.1 Å². The number of fused-ring (bicyclic) bond motifs is 4. The number of aromatic nitrogens is 3. The largest absolute Gasteiger partial charge is 0.506 e. The number of alkyl carbamates (subject to hydrolysis) is 1. The zero-order chi connectivity index (χ0) is 39.0. The monoisotopic (exact) mass is 764 g/mol. The van der Waals surface area contributed by atoms with E-state index in [4.69, 9.17) is 14.2 Å². The second-order valence-electron chi connectivity index (χ2n) is 14.4. The van der Waals surface area contributed by atoms with Gasteiger partial charge in [0.25, 0.3) is 0 Å². The summed E-state index contributed by atoms with van der Waals surface area (Å²) in [6.45, 7) is 4.13. The molecular formula is C42H48N6O8. The van der Waals surface area contributed by atoms with Crippen LogP contribution in [0.5, 0.6) is 11.5 Å². The van der Waals surface area contributed by atoms with Crippen LogP contribution in [0, 0.1) is 5.92 Å². The van der Waals surface area contributed by atoms with Gasteiger partial charge < -0.3 is 40.0 Å². The number of phenolic OH excluding ortho intramolecular Hbond substituents is 1. The molecule has 14 heteroatoms. The lowest BCUT2D eigenvalue weighted by atomic mass is 9.86. The number of aromatic amines is 1. The fourth-order valence-corrected chi connectivity index (χ4v) is 7.51. The minimum absolute atomic E-state index is 0.0603. The van der Waals surface area contributed by atoms with E-state index in [0.717, 1.165) is 43.6 Å². The van der Waals surface area contributed by atoms with Crippen molar-refractivity contribution in [2.45, 2.75) is 50.5 Å². The molecule has 3 atom stereocenters. The van der Waals surface area contributed by atoms with Gasteiger partial charge in [-0.1, -0.05) is 48.5 Å². The fourth-order valence-electron chi connectivity index (χ4n) is 7.51. The van der Waals surface area contributed by atoms with Gasteiger partial charge >= 0.3 is 12.1 Å². The molecule has 8 rings (SSSR count). The molecule has 1 amide bonds. The standard InChI is InChI=1S/C42H48N6O8/c1-47-30(23-34(46-47)41(52)54-21-6-5-18-43-24-36(50)32-12-14-35(49)40-33(32)13-15-38(51)44-40)26-55-31-11-7-10-29(22-31)39(28-8-3-2-4-9-28)45-42(53)56-37-25-48-19-16-27(37)17-20-48/h2-4,7-15,22-23,27,36-37,39,43,49-50H,5-6,16-21,24-26H2,1H3,(H,44,51)(H,45,53)/t36-,37?,39?/m0/s1. The summed E-state index contributed by atoms with van der Waals surface area (Å²) in [6.07, 6.45) is 2.02. The van der Waals surface area contributed by atoms with Crippen LogP contribution in [0.15, 0.2) is 89.7 Å². The smallest absolute Gasteiger partial charge is 0.408 e. The molecule has 0 spiro atoms. The third-order valence-electron chi connectivity index (χ3n) is 10.6. The summed E-state index contributed by atoms with van der Waals surface area (Å²) in [4.78, 5) is 42.7. The second kappa shape index (κ2) is 17.8. The lowest BCUT2D eigenvalue weighted by Crippen LogP contribution is -2.52. The minimum Gasteiger partial charge on any atom is -0.506 e. The number of rotatable bonds is 16. The Morgan fingerprint density at radius 2 is 1.79 bits per heavy atom. The van der Waals surface area contributed by atoms with Crippen molar-refractivity contribution in [3.8, 4) is 11.5 Å². The number of H-pyrrole nitrogens is 1. The fraction of sp³-hybridized carbons (Fsp3) is 0.381. The topological polar surface area (TPSA) is 180 Å². The molecule has 56 heavy (non-hydrogen) atoms. The number of aryl methyl sites for hydroxylation is 1. The molecule has 3 saturated heterocycles. The molecule has 5 N–H and O–H groups in total. The van der Waals surface area contributed by atoms with Crippen LogP contribution in [0.25, 0.3) is 10.9 Å². The van der Waals surface area contributed by atoms with Crippen LogP contribution in [0.2, 0.25) is 0 Å². The van der Waals surface area contributed by atoms with E-state index < -0.39 is 24.2 Å². The number of piperidine rings is 3. The van der Waals surface area contributed by atoms with Crippen molar-refractivity contribution >= 4 is 23.0 Å². The number of phenols is 1. The first-order valence-corrected chi connectivity index (χ1v) is 19.1. The molecule has 2 aromatic heterocycles. The van der Waals surface area contributed by atoms with Crippen molar-refractivity contribution in [3.63, 3.8) is 0 Å². The molecule has 294 valence electrons. The highest BCUT2D eigenvalue weighted by atomic mass is 16.6. The quantitative estimate of drug-likeness (QED) is 0.0694. The predicted octanol–water partition coefficient (Wildman–Crippen LogP) is 4.72. The number of hydrogen-bond acceptors (Lipinski definition) is 11. The van der Waals surface area contributed by atoms with Gasteiger partial charge in [-0.3, -0.25) is 14.4 Å². The third kappa shape index (κ3) is 9.39. The summed E-state index contributed by atoms with van der Waals surface area (Å²) in [5.74, 6) is 0.409. The van der Waals surface area contributed by atoms with Crippen molar-refractivity contribution in [1.29, 1.82) is 0 Å². The van der Waals surface area contributed by atoms with Crippen LogP contribution in [-0.2, 0) is 23.1 Å². The number of pyridine rings is 1. The molecule has 2 unspecified atom stereocenters. The van der Waals surface area contributed by atoms with E-state index >= 15 is 0 Å². The van der Waals surface area contributed by atoms with Crippen LogP contribution in [-0.4, -0.2) is 87.4 Å². The molecule has 0 aliphatic carbocycles. The maximum absolute atomic E-state index is 13.2. The number of unbranched alkanes of at least 4 members (excludes halogenated alkanes) is 1. The van der Waals surface area contributed by atoms with E-state index in [1.54, 1.807) is 29.9 Å². The minimum atomic E-state index is -0.855. The van der Waals surface area contributed by atoms with Gasteiger partial charge in [0.15, 0.2) is 5.69 Å². The Morgan fingerprint density at radius 3 is 2.57 bits per heavy atom. The molecule has 0 radical (unpaired) electrons. The Hall–Kier alpha value is -5.70. The van der Waals surface area contributed by atoms with E-state index in [0.29, 0.717) is 47.7 Å². The number of nitrogens with one attached hydrogen (secondary N) is 3. The number of nitrogens with zero attached hydrogens (tertiary/aromatic N) is 3. The molecule has 2 bridgehead atoms. The molecule has 3 aliphatic rings. The molecule has 0 saturated carbocycles. The number of carbonyl (C=O) groups excluding carboxylic acids is 2. The number of hydrogen-bond donors (Lipinski definition) is 5. The van der Waals surface area contributed by atoms with Gasteiger partial charge in [-0.05, 0) is 98.3 Å². The number of amides is 1. The Balaban J connectivity index is 0.867. The third-order valence-corrected chi connectivity index (χ3v) is 10.6. The number of carbonyl (C=O) groups is 2. The van der Waals surface area contributed by atoms with Gasteiger partial charge in [0, 0.05) is 31.6 Å². The highest BCUT2D eigenvalue weighted by molar-refractivity contribution is 5.88. The predicted molar refractivity (Wildman–Crippen MR) is 208 cm³/mol. The first-order valence-electron chi connectivity index (χ1n) is 19.1. The first kappa shape index (κ1) is 38.6. The summed E-state index contributed by atoms with van der Waals surface area (Å²) in [5, 5.41) is 32.0. The average molecular weight is 765 g/mol. The average Bonchev–Trinajstić information content (AvgIpc) is 3.60. The normalized spacial score (nSPS) is 18.6. The van der Waals surface area contributed by atoms with Crippen molar-refractivity contribution in [3.05, 3.63) is 123 Å². The Morgan fingerprint density at radius 1 is 0.982 bits per heavy atom. The number of aliphatic hydroxyl groups is 1. The van der Waals surface area contributed by atoms with E-state index in [9.17, 15) is 24.6 Å². The van der Waals surface area contributed by atoms with Crippen molar-refractivity contribution in [2.75, 3.05) is 39.3 Å². The summed E-state index contributed by atoms with van der Waals surface area (Å²) in [7, 11) is 1.74. The molecule has 14 nitrogen and oxygen atoms in total. The highest BCUT2D eigenvalue weighted by Gasteiger charge is 2.37. The Bertz CT molecular complexity index is 2180. The van der Waals surface area contributed by atoms with Gasteiger partial charge in [-0.15, -0.1) is 0 Å². The highest BCUT2D eigenvalue weighted by Crippen LogP contribution is 2.31. The number of esters is 1. The summed E-state index contributed by atoms with van der Waals surface area (Å²) in [5.41, 5.74) is 3.15. The van der Waals surface area contributed by atoms with E-state index in [2.05, 4.69) is 25.6 Å². The van der Waals surface area contributed by atoms with Crippen LogP contribution in [0.4, 0.5) is 4.79 Å². The molecule has 3 aliphatic heterocycles. The van der Waals surface area contributed by atoms with Crippen LogP contribution in [0.3, 0.4) is 0 Å².